The van der Waals surface area contributed by atoms with Crippen LogP contribution >= 0.6 is 11.3 Å². The number of aromatic nitrogens is 2. The summed E-state index contributed by atoms with van der Waals surface area (Å²) in [6, 6.07) is 5.84. The summed E-state index contributed by atoms with van der Waals surface area (Å²) in [4.78, 5) is 29.0. The van der Waals surface area contributed by atoms with Crippen LogP contribution in [0.5, 0.6) is 0 Å². The molecule has 0 aliphatic carbocycles. The van der Waals surface area contributed by atoms with E-state index in [0.717, 1.165) is 61.7 Å². The fourth-order valence-electron chi connectivity index (χ4n) is 3.30. The lowest BCUT2D eigenvalue weighted by Crippen LogP contribution is -2.49. The summed E-state index contributed by atoms with van der Waals surface area (Å²) in [6.45, 7) is 8.10. The Balaban J connectivity index is 1.44. The highest BCUT2D eigenvalue weighted by Gasteiger charge is 2.25. The molecule has 2 aromatic heterocycles. The van der Waals surface area contributed by atoms with Crippen molar-refractivity contribution < 1.29 is 9.53 Å². The number of hydrogen-bond acceptors (Lipinski definition) is 7. The van der Waals surface area contributed by atoms with Crippen molar-refractivity contribution in [2.45, 2.75) is 6.92 Å². The Morgan fingerprint density at radius 1 is 1.08 bits per heavy atom. The van der Waals surface area contributed by atoms with Crippen molar-refractivity contribution >= 4 is 29.0 Å². The van der Waals surface area contributed by atoms with Crippen LogP contribution in [0, 0.1) is 6.92 Å². The molecule has 0 saturated carbocycles. The Kier molecular flexibility index (Phi) is 5.03. The quantitative estimate of drug-likeness (QED) is 0.815. The van der Waals surface area contributed by atoms with Crippen LogP contribution in [0.3, 0.4) is 0 Å². The molecule has 0 bridgehead atoms. The molecule has 2 aliphatic heterocycles. The smallest absolute Gasteiger partial charge is 0.264 e. The van der Waals surface area contributed by atoms with E-state index < -0.39 is 0 Å². The lowest BCUT2D eigenvalue weighted by atomic mass is 10.3. The number of thiophene rings is 1. The van der Waals surface area contributed by atoms with Crippen molar-refractivity contribution in [1.82, 2.24) is 14.9 Å². The summed E-state index contributed by atoms with van der Waals surface area (Å²) in [7, 11) is 0. The molecule has 0 unspecified atom stereocenters. The van der Waals surface area contributed by atoms with Crippen molar-refractivity contribution in [3.63, 3.8) is 0 Å². The predicted molar refractivity (Wildman–Crippen MR) is 102 cm³/mol. The molecule has 2 aliphatic rings. The van der Waals surface area contributed by atoms with Crippen molar-refractivity contribution in [3.05, 3.63) is 34.2 Å². The van der Waals surface area contributed by atoms with Gasteiger partial charge < -0.3 is 19.4 Å². The third-order valence-electron chi connectivity index (χ3n) is 4.75. The summed E-state index contributed by atoms with van der Waals surface area (Å²) in [5, 5.41) is 1.94. The van der Waals surface area contributed by atoms with Crippen LogP contribution in [0.25, 0.3) is 0 Å². The first kappa shape index (κ1) is 17.2. The molecule has 2 fully saturated rings. The van der Waals surface area contributed by atoms with E-state index in [0.29, 0.717) is 13.1 Å². The number of ether oxygens (including phenoxy) is 1. The van der Waals surface area contributed by atoms with E-state index in [1.807, 2.05) is 35.4 Å². The van der Waals surface area contributed by atoms with Gasteiger partial charge in [-0.3, -0.25) is 4.79 Å². The normalized spacial score (nSPS) is 18.3. The van der Waals surface area contributed by atoms with Crippen molar-refractivity contribution in [2.24, 2.45) is 0 Å². The molecule has 2 aromatic rings. The van der Waals surface area contributed by atoms with Crippen molar-refractivity contribution in [1.29, 1.82) is 0 Å². The van der Waals surface area contributed by atoms with Crippen molar-refractivity contribution in [2.75, 3.05) is 62.3 Å². The fraction of sp³-hybridized carbons (Fsp3) is 0.500. The van der Waals surface area contributed by atoms with Crippen LogP contribution < -0.4 is 9.80 Å². The Bertz CT molecular complexity index is 753. The average Bonchev–Trinajstić information content (AvgIpc) is 3.22. The molecule has 7 nitrogen and oxygen atoms in total. The van der Waals surface area contributed by atoms with E-state index in [-0.39, 0.29) is 5.91 Å². The molecule has 4 rings (SSSR count). The molecule has 8 heteroatoms. The minimum atomic E-state index is 0.124. The van der Waals surface area contributed by atoms with Gasteiger partial charge in [-0.25, -0.2) is 4.98 Å². The topological polar surface area (TPSA) is 61.8 Å². The molecule has 0 spiro atoms. The standard InChI is InChI=1S/C18H23N5O2S/c1-14-13-16(21-8-10-25-11-9-21)20-18(19-14)23-6-4-22(5-7-23)17(24)15-3-2-12-26-15/h2-3,12-13H,4-11H2,1H3. The van der Waals surface area contributed by atoms with Crippen LogP contribution in [0.2, 0.25) is 0 Å². The van der Waals surface area contributed by atoms with Crippen LogP contribution in [-0.4, -0.2) is 73.3 Å². The zero-order chi connectivity index (χ0) is 17.9. The van der Waals surface area contributed by atoms with Gasteiger partial charge in [0.1, 0.15) is 5.82 Å². The number of aryl methyl sites for hydroxylation is 1. The Morgan fingerprint density at radius 3 is 2.54 bits per heavy atom. The molecule has 0 radical (unpaired) electrons. The Labute approximate surface area is 157 Å². The number of rotatable bonds is 3. The van der Waals surface area contributed by atoms with Gasteiger partial charge in [-0.2, -0.15) is 4.98 Å². The minimum absolute atomic E-state index is 0.124. The summed E-state index contributed by atoms with van der Waals surface area (Å²) >= 11 is 1.50. The maximum atomic E-state index is 12.5. The number of carbonyl (C=O) groups is 1. The van der Waals surface area contributed by atoms with E-state index in [2.05, 4.69) is 14.8 Å². The second-order valence-electron chi connectivity index (χ2n) is 6.52. The zero-order valence-electron chi connectivity index (χ0n) is 14.9. The Morgan fingerprint density at radius 2 is 1.85 bits per heavy atom. The summed E-state index contributed by atoms with van der Waals surface area (Å²) in [5.74, 6) is 1.85. The molecule has 26 heavy (non-hydrogen) atoms. The molecule has 2 saturated heterocycles. The number of hydrogen-bond donors (Lipinski definition) is 0. The van der Waals surface area contributed by atoms with Gasteiger partial charge in [0, 0.05) is 51.0 Å². The van der Waals surface area contributed by atoms with Crippen LogP contribution in [0.1, 0.15) is 15.4 Å². The monoisotopic (exact) mass is 373 g/mol. The van der Waals surface area contributed by atoms with E-state index in [9.17, 15) is 4.79 Å². The lowest BCUT2D eigenvalue weighted by molar-refractivity contribution is 0.0751. The van der Waals surface area contributed by atoms with Gasteiger partial charge in [-0.15, -0.1) is 11.3 Å². The minimum Gasteiger partial charge on any atom is -0.378 e. The van der Waals surface area contributed by atoms with Gasteiger partial charge in [0.25, 0.3) is 5.91 Å². The van der Waals surface area contributed by atoms with E-state index >= 15 is 0 Å². The largest absolute Gasteiger partial charge is 0.378 e. The number of nitrogens with zero attached hydrogens (tertiary/aromatic N) is 5. The molecule has 138 valence electrons. The number of carbonyl (C=O) groups excluding carboxylic acids is 1. The third kappa shape index (κ3) is 3.66. The van der Waals surface area contributed by atoms with Crippen LogP contribution in [0.15, 0.2) is 23.6 Å². The third-order valence-corrected chi connectivity index (χ3v) is 5.60. The molecule has 1 amide bonds. The summed E-state index contributed by atoms with van der Waals surface area (Å²) in [5.41, 5.74) is 0.966. The van der Waals surface area contributed by atoms with Crippen LogP contribution in [-0.2, 0) is 4.74 Å². The number of amides is 1. The van der Waals surface area contributed by atoms with Crippen molar-refractivity contribution in [3.8, 4) is 0 Å². The first-order valence-electron chi connectivity index (χ1n) is 8.97. The maximum Gasteiger partial charge on any atom is 0.264 e. The van der Waals surface area contributed by atoms with E-state index in [4.69, 9.17) is 9.72 Å². The first-order chi connectivity index (χ1) is 12.7. The highest BCUT2D eigenvalue weighted by Crippen LogP contribution is 2.20. The molecular formula is C18H23N5O2S. The average molecular weight is 373 g/mol. The zero-order valence-corrected chi connectivity index (χ0v) is 15.7. The molecule has 0 N–H and O–H groups in total. The van der Waals surface area contributed by atoms with Gasteiger partial charge in [0.05, 0.1) is 18.1 Å². The van der Waals surface area contributed by atoms with E-state index in [1.165, 1.54) is 11.3 Å². The maximum absolute atomic E-state index is 12.5. The second kappa shape index (κ2) is 7.59. The van der Waals surface area contributed by atoms with Gasteiger partial charge in [0.2, 0.25) is 5.95 Å². The highest BCUT2D eigenvalue weighted by molar-refractivity contribution is 7.12. The highest BCUT2D eigenvalue weighted by atomic mass is 32.1. The number of piperazine rings is 1. The predicted octanol–water partition coefficient (Wildman–Crippen LogP) is 1.65. The Hall–Kier alpha value is -2.19. The lowest BCUT2D eigenvalue weighted by Gasteiger charge is -2.35. The van der Waals surface area contributed by atoms with Gasteiger partial charge in [-0.05, 0) is 18.4 Å². The summed E-state index contributed by atoms with van der Waals surface area (Å²) < 4.78 is 5.43. The van der Waals surface area contributed by atoms with Gasteiger partial charge in [-0.1, -0.05) is 6.07 Å². The number of morpholine rings is 1. The summed E-state index contributed by atoms with van der Waals surface area (Å²) in [6.07, 6.45) is 0. The first-order valence-corrected chi connectivity index (χ1v) is 9.85. The van der Waals surface area contributed by atoms with Gasteiger partial charge >= 0.3 is 0 Å². The SMILES string of the molecule is Cc1cc(N2CCOCC2)nc(N2CCN(C(=O)c3cccs3)CC2)n1. The van der Waals surface area contributed by atoms with Gasteiger partial charge in [0.15, 0.2) is 0 Å². The molecule has 4 heterocycles. The second-order valence-corrected chi connectivity index (χ2v) is 7.47. The van der Waals surface area contributed by atoms with Crippen LogP contribution in [0.4, 0.5) is 11.8 Å². The molecule has 0 aromatic carbocycles. The molecule has 0 atom stereocenters. The fourth-order valence-corrected chi connectivity index (χ4v) is 3.99. The van der Waals surface area contributed by atoms with E-state index in [1.54, 1.807) is 0 Å². The molecular weight excluding hydrogens is 350 g/mol. The number of anilines is 2.